The molecule has 0 bridgehead atoms. The third-order valence-corrected chi connectivity index (χ3v) is 4.27. The van der Waals surface area contributed by atoms with Gasteiger partial charge in [-0.2, -0.15) is 0 Å². The van der Waals surface area contributed by atoms with E-state index >= 15 is 0 Å². The molecule has 2 aromatic heterocycles. The number of hydrogen-bond donors (Lipinski definition) is 4. The lowest BCUT2D eigenvalue weighted by molar-refractivity contribution is 0.102. The topological polar surface area (TPSA) is 126 Å². The van der Waals surface area contributed by atoms with Gasteiger partial charge in [0.15, 0.2) is 11.6 Å². The average Bonchev–Trinajstić information content (AvgIpc) is 2.73. The number of amides is 1. The Bertz CT molecular complexity index is 1320. The maximum absolute atomic E-state index is 13.3. The minimum atomic E-state index is -1.10. The molecule has 0 aliphatic rings. The molecule has 4 rings (SSSR count). The van der Waals surface area contributed by atoms with Crippen molar-refractivity contribution in [3.63, 3.8) is 0 Å². The average molecular weight is 408 g/mol. The molecule has 0 fully saturated rings. The zero-order chi connectivity index (χ0) is 21.3. The molecule has 0 saturated heterocycles. The van der Waals surface area contributed by atoms with Crippen LogP contribution < -0.4 is 21.9 Å². The molecule has 10 heteroatoms. The molecule has 0 saturated carbocycles. The van der Waals surface area contributed by atoms with E-state index in [1.54, 1.807) is 24.3 Å². The van der Waals surface area contributed by atoms with Gasteiger partial charge < -0.3 is 21.4 Å². The van der Waals surface area contributed by atoms with E-state index in [9.17, 15) is 18.4 Å². The van der Waals surface area contributed by atoms with Gasteiger partial charge in [-0.3, -0.25) is 9.59 Å². The van der Waals surface area contributed by atoms with Gasteiger partial charge in [-0.15, -0.1) is 0 Å². The number of pyridine rings is 1. The molecule has 0 atom stereocenters. The van der Waals surface area contributed by atoms with E-state index in [-0.39, 0.29) is 11.3 Å². The fourth-order valence-electron chi connectivity index (χ4n) is 2.75. The van der Waals surface area contributed by atoms with Gasteiger partial charge in [0.2, 0.25) is 0 Å². The Morgan fingerprint density at radius 2 is 1.70 bits per heavy atom. The summed E-state index contributed by atoms with van der Waals surface area (Å²) in [6.07, 6.45) is 1.30. The lowest BCUT2D eigenvalue weighted by Gasteiger charge is -2.10. The van der Waals surface area contributed by atoms with Crippen molar-refractivity contribution in [2.24, 2.45) is 0 Å². The molecule has 5 N–H and O–H groups in total. The van der Waals surface area contributed by atoms with Gasteiger partial charge in [0, 0.05) is 16.9 Å². The van der Waals surface area contributed by atoms with Crippen molar-refractivity contribution in [1.29, 1.82) is 0 Å². The molecule has 0 aliphatic carbocycles. The van der Waals surface area contributed by atoms with E-state index in [0.717, 1.165) is 12.1 Å². The summed E-state index contributed by atoms with van der Waals surface area (Å²) in [5.41, 5.74) is 6.70. The summed E-state index contributed by atoms with van der Waals surface area (Å²) in [6, 6.07) is 11.0. The molecule has 30 heavy (non-hydrogen) atoms. The fourth-order valence-corrected chi connectivity index (χ4v) is 2.75. The minimum absolute atomic E-state index is 0.00450. The van der Waals surface area contributed by atoms with Gasteiger partial charge in [0.1, 0.15) is 17.8 Å². The number of carbonyl (C=O) groups is 1. The third-order valence-electron chi connectivity index (χ3n) is 4.27. The number of rotatable bonds is 4. The summed E-state index contributed by atoms with van der Waals surface area (Å²) in [7, 11) is 0. The van der Waals surface area contributed by atoms with Gasteiger partial charge in [-0.25, -0.2) is 18.7 Å². The highest BCUT2D eigenvalue weighted by Gasteiger charge is 2.11. The maximum Gasteiger partial charge on any atom is 0.272 e. The number of benzene rings is 2. The Kier molecular flexibility index (Phi) is 4.80. The predicted octanol–water partition coefficient (Wildman–Crippen LogP) is 3.17. The first kappa shape index (κ1) is 19.0. The summed E-state index contributed by atoms with van der Waals surface area (Å²) < 4.78 is 26.3. The zero-order valence-electron chi connectivity index (χ0n) is 15.2. The molecule has 0 aliphatic heterocycles. The Balaban J connectivity index is 1.52. The molecule has 2 heterocycles. The summed E-state index contributed by atoms with van der Waals surface area (Å²) in [4.78, 5) is 34.6. The number of carbonyl (C=O) groups excluding carboxylic acids is 1. The summed E-state index contributed by atoms with van der Waals surface area (Å²) in [6.45, 7) is 0. The molecule has 1 amide bonds. The number of nitrogen functional groups attached to an aromatic ring is 1. The number of nitrogens with one attached hydrogen (secondary N) is 3. The van der Waals surface area contributed by atoms with Gasteiger partial charge in [0.25, 0.3) is 11.5 Å². The highest BCUT2D eigenvalue weighted by molar-refractivity contribution is 6.04. The van der Waals surface area contributed by atoms with E-state index in [1.807, 2.05) is 0 Å². The van der Waals surface area contributed by atoms with Gasteiger partial charge >= 0.3 is 0 Å². The number of aromatic amines is 1. The summed E-state index contributed by atoms with van der Waals surface area (Å²) in [5, 5.41) is 6.22. The highest BCUT2D eigenvalue weighted by Crippen LogP contribution is 2.23. The van der Waals surface area contributed by atoms with Crippen LogP contribution in [0, 0.1) is 11.6 Å². The number of fused-ring (bicyclic) bond motifs is 1. The minimum Gasteiger partial charge on any atom is -0.394 e. The van der Waals surface area contributed by atoms with Crippen LogP contribution in [0.2, 0.25) is 0 Å². The number of nitrogens with zero attached hydrogens (tertiary/aromatic N) is 2. The van der Waals surface area contributed by atoms with Crippen molar-refractivity contribution >= 4 is 39.8 Å². The first-order valence-corrected chi connectivity index (χ1v) is 8.68. The molecular formula is C20H14F2N6O2. The van der Waals surface area contributed by atoms with E-state index in [0.29, 0.717) is 28.2 Å². The van der Waals surface area contributed by atoms with Gasteiger partial charge in [-0.05, 0) is 48.5 Å². The van der Waals surface area contributed by atoms with Gasteiger partial charge in [0.05, 0.1) is 11.1 Å². The van der Waals surface area contributed by atoms with E-state index in [4.69, 9.17) is 5.73 Å². The second kappa shape index (κ2) is 7.59. The largest absolute Gasteiger partial charge is 0.394 e. The second-order valence-corrected chi connectivity index (χ2v) is 6.32. The SMILES string of the molecule is Nc1cc2c(Nc3ccc(NC(=O)c4ccc(F)c(F)c4)cc3)ncnc2[nH]c1=O. The molecule has 2 aromatic carbocycles. The van der Waals surface area contributed by atoms with Crippen LogP contribution in [0.4, 0.5) is 31.7 Å². The van der Waals surface area contributed by atoms with Crippen LogP contribution in [-0.4, -0.2) is 20.9 Å². The lowest BCUT2D eigenvalue weighted by atomic mass is 10.2. The Labute approximate surface area is 167 Å². The molecule has 0 spiro atoms. The van der Waals surface area contributed by atoms with Crippen molar-refractivity contribution in [2.45, 2.75) is 0 Å². The Morgan fingerprint density at radius 1 is 0.967 bits per heavy atom. The Morgan fingerprint density at radius 3 is 2.43 bits per heavy atom. The number of hydrogen-bond acceptors (Lipinski definition) is 6. The highest BCUT2D eigenvalue weighted by atomic mass is 19.2. The molecule has 8 nitrogen and oxygen atoms in total. The quantitative estimate of drug-likeness (QED) is 0.411. The van der Waals surface area contributed by atoms with E-state index in [2.05, 4.69) is 25.6 Å². The monoisotopic (exact) mass is 408 g/mol. The van der Waals surface area contributed by atoms with Crippen LogP contribution in [0.25, 0.3) is 11.0 Å². The Hall–Kier alpha value is -4.34. The van der Waals surface area contributed by atoms with Crippen molar-refractivity contribution < 1.29 is 13.6 Å². The molecular weight excluding hydrogens is 394 g/mol. The molecule has 150 valence electrons. The van der Waals surface area contributed by atoms with Crippen molar-refractivity contribution in [3.8, 4) is 0 Å². The third kappa shape index (κ3) is 3.78. The van der Waals surface area contributed by atoms with Crippen LogP contribution in [0.5, 0.6) is 0 Å². The van der Waals surface area contributed by atoms with E-state index < -0.39 is 23.1 Å². The van der Waals surface area contributed by atoms with Crippen molar-refractivity contribution in [3.05, 3.63) is 82.4 Å². The van der Waals surface area contributed by atoms with Crippen molar-refractivity contribution in [1.82, 2.24) is 15.0 Å². The normalized spacial score (nSPS) is 10.7. The smallest absolute Gasteiger partial charge is 0.272 e. The van der Waals surface area contributed by atoms with Crippen LogP contribution in [0.1, 0.15) is 10.4 Å². The number of nitrogens with two attached hydrogens (primary N) is 1. The van der Waals surface area contributed by atoms with Crippen LogP contribution in [-0.2, 0) is 0 Å². The number of anilines is 4. The van der Waals surface area contributed by atoms with Crippen LogP contribution >= 0.6 is 0 Å². The summed E-state index contributed by atoms with van der Waals surface area (Å²) in [5.74, 6) is -2.26. The predicted molar refractivity (Wildman–Crippen MR) is 109 cm³/mol. The number of halogens is 2. The maximum atomic E-state index is 13.3. The first-order valence-electron chi connectivity index (χ1n) is 8.68. The van der Waals surface area contributed by atoms with Crippen LogP contribution in [0.3, 0.4) is 0 Å². The fraction of sp³-hybridized carbons (Fsp3) is 0. The standard InChI is InChI=1S/C20H14F2N6O2/c21-14-6-1-10(7-15(14)22)19(29)27-12-4-2-11(3-5-12)26-17-13-8-16(23)20(30)28-18(13)25-9-24-17/h1-9H,23H2,(H,27,29)(H2,24,25,26,28,30). The molecule has 4 aromatic rings. The van der Waals surface area contributed by atoms with Crippen molar-refractivity contribution in [2.75, 3.05) is 16.4 Å². The lowest BCUT2D eigenvalue weighted by Crippen LogP contribution is -2.12. The number of aromatic nitrogens is 3. The molecule has 0 radical (unpaired) electrons. The van der Waals surface area contributed by atoms with E-state index in [1.165, 1.54) is 18.5 Å². The summed E-state index contributed by atoms with van der Waals surface area (Å²) >= 11 is 0. The first-order chi connectivity index (χ1) is 14.4. The van der Waals surface area contributed by atoms with Gasteiger partial charge in [-0.1, -0.05) is 0 Å². The zero-order valence-corrected chi connectivity index (χ0v) is 15.2. The second-order valence-electron chi connectivity index (χ2n) is 6.32. The van der Waals surface area contributed by atoms with Crippen LogP contribution in [0.15, 0.2) is 59.7 Å². The molecule has 0 unspecified atom stereocenters. The number of H-pyrrole nitrogens is 1.